The van der Waals surface area contributed by atoms with E-state index in [1.54, 1.807) is 0 Å². The zero-order chi connectivity index (χ0) is 11.7. The molecule has 1 saturated heterocycles. The first-order chi connectivity index (χ1) is 8.38. The van der Waals surface area contributed by atoms with E-state index in [9.17, 15) is 0 Å². The second-order valence-corrected chi connectivity index (χ2v) is 4.90. The highest BCUT2D eigenvalue weighted by molar-refractivity contribution is 5.14. The molecular weight excluding hydrogens is 212 g/mol. The fraction of sp³-hybridized carbons (Fsp3) is 0.467. The quantitative estimate of drug-likeness (QED) is 0.724. The van der Waals surface area contributed by atoms with Crippen molar-refractivity contribution in [3.63, 3.8) is 0 Å². The van der Waals surface area contributed by atoms with E-state index >= 15 is 0 Å². The van der Waals surface area contributed by atoms with Gasteiger partial charge in [-0.05, 0) is 18.4 Å². The van der Waals surface area contributed by atoms with Gasteiger partial charge in [0.2, 0.25) is 0 Å². The molecule has 2 fully saturated rings. The average Bonchev–Trinajstić information content (AvgIpc) is 3.03. The minimum atomic E-state index is 0.222. The zero-order valence-corrected chi connectivity index (χ0v) is 9.92. The van der Waals surface area contributed by atoms with Crippen LogP contribution in [0.4, 0.5) is 0 Å². The zero-order valence-electron chi connectivity index (χ0n) is 9.92. The third kappa shape index (κ3) is 2.28. The van der Waals surface area contributed by atoms with Gasteiger partial charge in [-0.1, -0.05) is 36.4 Å². The van der Waals surface area contributed by atoms with E-state index < -0.39 is 0 Å². The minimum absolute atomic E-state index is 0.222. The molecule has 0 amide bonds. The molecule has 0 radical (unpaired) electrons. The van der Waals surface area contributed by atoms with Crippen LogP contribution in [0.25, 0.3) is 0 Å². The standard InChI is InChI=1S/C15H18O2/c1-2-6-13-15(12-9-14(12)17-13)16-10-11-7-4-3-5-8-11/h2-5,7-8,12-15H,1,6,9-10H2. The van der Waals surface area contributed by atoms with Crippen molar-refractivity contribution in [2.24, 2.45) is 5.92 Å². The Bertz CT molecular complexity index is 387. The summed E-state index contributed by atoms with van der Waals surface area (Å²) in [6, 6.07) is 10.3. The second-order valence-electron chi connectivity index (χ2n) is 4.90. The van der Waals surface area contributed by atoms with Crippen LogP contribution < -0.4 is 0 Å². The number of benzene rings is 1. The van der Waals surface area contributed by atoms with Crippen molar-refractivity contribution in [1.29, 1.82) is 0 Å². The summed E-state index contributed by atoms with van der Waals surface area (Å²) in [6.07, 6.45) is 4.94. The molecule has 90 valence electrons. The van der Waals surface area contributed by atoms with Crippen LogP contribution in [0, 0.1) is 5.92 Å². The fourth-order valence-corrected chi connectivity index (χ4v) is 2.62. The van der Waals surface area contributed by atoms with Crippen molar-refractivity contribution in [3.8, 4) is 0 Å². The molecular formula is C15H18O2. The van der Waals surface area contributed by atoms with Gasteiger partial charge in [-0.3, -0.25) is 0 Å². The van der Waals surface area contributed by atoms with Crippen LogP contribution in [-0.2, 0) is 16.1 Å². The summed E-state index contributed by atoms with van der Waals surface area (Å²) in [5.74, 6) is 0.628. The number of ether oxygens (including phenoxy) is 2. The van der Waals surface area contributed by atoms with E-state index in [0.717, 1.165) is 6.42 Å². The van der Waals surface area contributed by atoms with E-state index in [2.05, 4.69) is 18.7 Å². The van der Waals surface area contributed by atoms with Crippen molar-refractivity contribution >= 4 is 0 Å². The van der Waals surface area contributed by atoms with Gasteiger partial charge in [-0.15, -0.1) is 6.58 Å². The van der Waals surface area contributed by atoms with Crippen LogP contribution in [0.3, 0.4) is 0 Å². The molecule has 2 nitrogen and oxygen atoms in total. The Hall–Kier alpha value is -1.12. The summed E-state index contributed by atoms with van der Waals surface area (Å²) >= 11 is 0. The summed E-state index contributed by atoms with van der Waals surface area (Å²) < 4.78 is 11.9. The number of hydrogen-bond donors (Lipinski definition) is 0. The predicted molar refractivity (Wildman–Crippen MR) is 66.6 cm³/mol. The Labute approximate surface area is 102 Å². The number of hydrogen-bond acceptors (Lipinski definition) is 2. The topological polar surface area (TPSA) is 18.5 Å². The molecule has 1 aromatic carbocycles. The largest absolute Gasteiger partial charge is 0.372 e. The highest BCUT2D eigenvalue weighted by atomic mass is 16.6. The van der Waals surface area contributed by atoms with Crippen molar-refractivity contribution < 1.29 is 9.47 Å². The van der Waals surface area contributed by atoms with E-state index in [0.29, 0.717) is 18.6 Å². The van der Waals surface area contributed by atoms with E-state index in [-0.39, 0.29) is 12.2 Å². The molecule has 2 aliphatic rings. The van der Waals surface area contributed by atoms with Crippen LogP contribution in [0.5, 0.6) is 0 Å². The first kappa shape index (κ1) is 11.0. The van der Waals surface area contributed by atoms with Gasteiger partial charge in [0.25, 0.3) is 0 Å². The fourth-order valence-electron chi connectivity index (χ4n) is 2.62. The molecule has 0 aromatic heterocycles. The third-order valence-corrected chi connectivity index (χ3v) is 3.60. The average molecular weight is 230 g/mol. The summed E-state index contributed by atoms with van der Waals surface area (Å²) in [4.78, 5) is 0. The molecule has 4 atom stereocenters. The lowest BCUT2D eigenvalue weighted by atomic mass is 10.1. The number of rotatable bonds is 5. The molecule has 17 heavy (non-hydrogen) atoms. The normalized spacial score (nSPS) is 34.4. The third-order valence-electron chi connectivity index (χ3n) is 3.60. The van der Waals surface area contributed by atoms with Crippen molar-refractivity contribution in [2.75, 3.05) is 0 Å². The first-order valence-corrected chi connectivity index (χ1v) is 6.30. The number of fused-ring (bicyclic) bond motifs is 1. The van der Waals surface area contributed by atoms with Crippen LogP contribution in [-0.4, -0.2) is 18.3 Å². The second kappa shape index (κ2) is 4.63. The lowest BCUT2D eigenvalue weighted by Crippen LogP contribution is -2.27. The summed E-state index contributed by atoms with van der Waals surface area (Å²) in [7, 11) is 0. The van der Waals surface area contributed by atoms with Gasteiger partial charge in [0.1, 0.15) is 0 Å². The maximum atomic E-state index is 6.04. The van der Waals surface area contributed by atoms with Gasteiger partial charge in [-0.2, -0.15) is 0 Å². The Morgan fingerprint density at radius 2 is 2.18 bits per heavy atom. The molecule has 0 bridgehead atoms. The molecule has 1 aromatic rings. The molecule has 1 aliphatic heterocycles. The van der Waals surface area contributed by atoms with Crippen LogP contribution in [0.1, 0.15) is 18.4 Å². The molecule has 4 unspecified atom stereocenters. The Balaban J connectivity index is 1.58. The molecule has 2 heteroatoms. The smallest absolute Gasteiger partial charge is 0.0898 e. The van der Waals surface area contributed by atoms with Crippen molar-refractivity contribution in [1.82, 2.24) is 0 Å². The lowest BCUT2D eigenvalue weighted by Gasteiger charge is -2.21. The summed E-state index contributed by atoms with van der Waals surface area (Å²) in [6.45, 7) is 4.47. The molecule has 1 aliphatic carbocycles. The van der Waals surface area contributed by atoms with Gasteiger partial charge in [-0.25, -0.2) is 0 Å². The monoisotopic (exact) mass is 230 g/mol. The lowest BCUT2D eigenvalue weighted by molar-refractivity contribution is -0.0441. The highest BCUT2D eigenvalue weighted by Gasteiger charge is 2.55. The molecule has 1 saturated carbocycles. The van der Waals surface area contributed by atoms with Crippen molar-refractivity contribution in [2.45, 2.75) is 37.8 Å². The van der Waals surface area contributed by atoms with Crippen LogP contribution >= 0.6 is 0 Å². The maximum Gasteiger partial charge on any atom is 0.0898 e. The molecule has 3 rings (SSSR count). The van der Waals surface area contributed by atoms with E-state index in [4.69, 9.17) is 9.47 Å². The summed E-state index contributed by atoms with van der Waals surface area (Å²) in [5.41, 5.74) is 1.23. The maximum absolute atomic E-state index is 6.04. The molecule has 0 spiro atoms. The van der Waals surface area contributed by atoms with Crippen molar-refractivity contribution in [3.05, 3.63) is 48.6 Å². The van der Waals surface area contributed by atoms with Crippen LogP contribution in [0.15, 0.2) is 43.0 Å². The van der Waals surface area contributed by atoms with E-state index in [1.807, 2.05) is 24.3 Å². The van der Waals surface area contributed by atoms with Gasteiger partial charge in [0.05, 0.1) is 24.9 Å². The Kier molecular flexibility index (Phi) is 3.00. The predicted octanol–water partition coefficient (Wildman–Crippen LogP) is 2.94. The van der Waals surface area contributed by atoms with E-state index in [1.165, 1.54) is 12.0 Å². The highest BCUT2D eigenvalue weighted by Crippen LogP contribution is 2.48. The van der Waals surface area contributed by atoms with Crippen LogP contribution in [0.2, 0.25) is 0 Å². The Morgan fingerprint density at radius 3 is 2.94 bits per heavy atom. The molecule has 1 heterocycles. The molecule has 0 N–H and O–H groups in total. The van der Waals surface area contributed by atoms with Gasteiger partial charge in [0.15, 0.2) is 0 Å². The minimum Gasteiger partial charge on any atom is -0.372 e. The SMILES string of the molecule is C=CCC1OC2CC2C1OCc1ccccc1. The van der Waals surface area contributed by atoms with Gasteiger partial charge in [0, 0.05) is 5.92 Å². The van der Waals surface area contributed by atoms with Gasteiger partial charge >= 0.3 is 0 Å². The Morgan fingerprint density at radius 1 is 1.35 bits per heavy atom. The summed E-state index contributed by atoms with van der Waals surface area (Å²) in [5, 5.41) is 0. The first-order valence-electron chi connectivity index (χ1n) is 6.30. The van der Waals surface area contributed by atoms with Gasteiger partial charge < -0.3 is 9.47 Å².